The second kappa shape index (κ2) is 6.24. The third-order valence-corrected chi connectivity index (χ3v) is 2.18. The lowest BCUT2D eigenvalue weighted by molar-refractivity contribution is 0.243. The normalized spacial score (nSPS) is 13.8. The Balaban J connectivity index is 3.77. The quantitative estimate of drug-likeness (QED) is 0.553. The predicted molar refractivity (Wildman–Crippen MR) is 56.4 cm³/mol. The fraction of sp³-hybridized carbons (Fsp3) is 0.818. The molecule has 0 aliphatic heterocycles. The molecule has 72 valence electrons. The Hall–Kier alpha value is -0.300. The van der Waals surface area contributed by atoms with Crippen LogP contribution in [0.4, 0.5) is 0 Å². The van der Waals surface area contributed by atoms with Crippen LogP contribution in [0.25, 0.3) is 0 Å². The van der Waals surface area contributed by atoms with Crippen LogP contribution in [-0.4, -0.2) is 25.0 Å². The zero-order valence-electron chi connectivity index (χ0n) is 9.01. The van der Waals surface area contributed by atoms with E-state index in [0.717, 1.165) is 18.4 Å². The molecular weight excluding hydrogens is 146 g/mol. The molecular formula is C11H23N. The molecule has 1 unspecified atom stereocenters. The molecule has 0 saturated carbocycles. The summed E-state index contributed by atoms with van der Waals surface area (Å²) < 4.78 is 0. The van der Waals surface area contributed by atoms with E-state index in [9.17, 15) is 0 Å². The van der Waals surface area contributed by atoms with E-state index in [1.807, 2.05) is 6.08 Å². The van der Waals surface area contributed by atoms with Crippen LogP contribution in [0, 0.1) is 5.92 Å². The molecule has 0 aromatic rings. The van der Waals surface area contributed by atoms with Crippen molar-refractivity contribution in [1.82, 2.24) is 4.90 Å². The highest BCUT2D eigenvalue weighted by molar-refractivity contribution is 4.74. The van der Waals surface area contributed by atoms with Gasteiger partial charge >= 0.3 is 0 Å². The second-order valence-electron chi connectivity index (χ2n) is 4.11. The maximum absolute atomic E-state index is 3.75. The van der Waals surface area contributed by atoms with E-state index in [-0.39, 0.29) is 0 Å². The maximum atomic E-state index is 3.75. The SMILES string of the molecule is C=CCCC(CC(C)C)N(C)C. The van der Waals surface area contributed by atoms with Gasteiger partial charge in [0, 0.05) is 6.04 Å². The first-order valence-corrected chi connectivity index (χ1v) is 4.85. The molecule has 0 N–H and O–H groups in total. The molecule has 0 aliphatic carbocycles. The fourth-order valence-corrected chi connectivity index (χ4v) is 1.44. The Morgan fingerprint density at radius 2 is 1.92 bits per heavy atom. The molecule has 0 bridgehead atoms. The number of allylic oxidation sites excluding steroid dienone is 1. The van der Waals surface area contributed by atoms with E-state index in [1.165, 1.54) is 12.8 Å². The molecule has 0 aromatic carbocycles. The average molecular weight is 169 g/mol. The molecule has 0 heterocycles. The Morgan fingerprint density at radius 1 is 1.33 bits per heavy atom. The minimum atomic E-state index is 0.725. The number of nitrogens with zero attached hydrogens (tertiary/aromatic N) is 1. The Bertz CT molecular complexity index is 116. The van der Waals surface area contributed by atoms with Crippen LogP contribution in [0.2, 0.25) is 0 Å². The van der Waals surface area contributed by atoms with Gasteiger partial charge in [0.05, 0.1) is 0 Å². The molecule has 1 heteroatoms. The fourth-order valence-electron chi connectivity index (χ4n) is 1.44. The predicted octanol–water partition coefficient (Wildman–Crippen LogP) is 2.93. The molecule has 12 heavy (non-hydrogen) atoms. The van der Waals surface area contributed by atoms with Crippen molar-refractivity contribution < 1.29 is 0 Å². The van der Waals surface area contributed by atoms with Gasteiger partial charge in [-0.25, -0.2) is 0 Å². The van der Waals surface area contributed by atoms with Crippen molar-refractivity contribution in [3.05, 3.63) is 12.7 Å². The first-order valence-electron chi connectivity index (χ1n) is 4.85. The summed E-state index contributed by atoms with van der Waals surface area (Å²) in [6.07, 6.45) is 5.68. The zero-order valence-corrected chi connectivity index (χ0v) is 9.01. The number of hydrogen-bond donors (Lipinski definition) is 0. The highest BCUT2D eigenvalue weighted by Gasteiger charge is 2.11. The number of hydrogen-bond acceptors (Lipinski definition) is 1. The standard InChI is InChI=1S/C11H23N/c1-6-7-8-11(12(4)5)9-10(2)3/h6,10-11H,1,7-9H2,2-5H3. The van der Waals surface area contributed by atoms with E-state index < -0.39 is 0 Å². The van der Waals surface area contributed by atoms with E-state index in [1.54, 1.807) is 0 Å². The van der Waals surface area contributed by atoms with Crippen LogP contribution in [0.5, 0.6) is 0 Å². The summed E-state index contributed by atoms with van der Waals surface area (Å²) in [5.41, 5.74) is 0. The van der Waals surface area contributed by atoms with Gasteiger partial charge in [0.15, 0.2) is 0 Å². The number of rotatable bonds is 6. The molecule has 0 saturated heterocycles. The monoisotopic (exact) mass is 169 g/mol. The molecule has 0 fully saturated rings. The Morgan fingerprint density at radius 3 is 2.25 bits per heavy atom. The Labute approximate surface area is 77.5 Å². The highest BCUT2D eigenvalue weighted by Crippen LogP contribution is 2.13. The molecule has 1 atom stereocenters. The van der Waals surface area contributed by atoms with Crippen molar-refractivity contribution in [3.8, 4) is 0 Å². The first kappa shape index (κ1) is 11.7. The molecule has 0 radical (unpaired) electrons. The highest BCUT2D eigenvalue weighted by atomic mass is 15.1. The lowest BCUT2D eigenvalue weighted by Crippen LogP contribution is -2.29. The minimum absolute atomic E-state index is 0.725. The van der Waals surface area contributed by atoms with Gasteiger partial charge in [0.2, 0.25) is 0 Å². The summed E-state index contributed by atoms with van der Waals surface area (Å²) >= 11 is 0. The van der Waals surface area contributed by atoms with Crippen LogP contribution in [-0.2, 0) is 0 Å². The van der Waals surface area contributed by atoms with Crippen molar-refractivity contribution in [1.29, 1.82) is 0 Å². The van der Waals surface area contributed by atoms with Gasteiger partial charge < -0.3 is 4.90 Å². The average Bonchev–Trinajstić information content (AvgIpc) is 1.96. The topological polar surface area (TPSA) is 3.24 Å². The molecule has 0 spiro atoms. The van der Waals surface area contributed by atoms with Crippen LogP contribution < -0.4 is 0 Å². The van der Waals surface area contributed by atoms with Gasteiger partial charge in [-0.3, -0.25) is 0 Å². The minimum Gasteiger partial charge on any atom is -0.306 e. The summed E-state index contributed by atoms with van der Waals surface area (Å²) in [6, 6.07) is 0.725. The third-order valence-electron chi connectivity index (χ3n) is 2.18. The van der Waals surface area contributed by atoms with Crippen molar-refractivity contribution in [2.45, 2.75) is 39.2 Å². The van der Waals surface area contributed by atoms with Gasteiger partial charge in [-0.05, 0) is 39.3 Å². The maximum Gasteiger partial charge on any atom is 0.00945 e. The molecule has 0 aliphatic rings. The summed E-state index contributed by atoms with van der Waals surface area (Å²) in [5, 5.41) is 0. The lowest BCUT2D eigenvalue weighted by Gasteiger charge is -2.25. The van der Waals surface area contributed by atoms with Gasteiger partial charge in [0.1, 0.15) is 0 Å². The van der Waals surface area contributed by atoms with E-state index in [2.05, 4.69) is 39.4 Å². The van der Waals surface area contributed by atoms with Crippen LogP contribution >= 0.6 is 0 Å². The lowest BCUT2D eigenvalue weighted by atomic mass is 9.99. The zero-order chi connectivity index (χ0) is 9.56. The molecule has 0 amide bonds. The molecule has 0 rings (SSSR count). The summed E-state index contributed by atoms with van der Waals surface area (Å²) in [5.74, 6) is 0.794. The van der Waals surface area contributed by atoms with Crippen LogP contribution in [0.1, 0.15) is 33.1 Å². The van der Waals surface area contributed by atoms with Crippen molar-refractivity contribution in [2.24, 2.45) is 5.92 Å². The van der Waals surface area contributed by atoms with Crippen molar-refractivity contribution in [3.63, 3.8) is 0 Å². The van der Waals surface area contributed by atoms with Gasteiger partial charge in [-0.1, -0.05) is 19.9 Å². The third kappa shape index (κ3) is 5.36. The van der Waals surface area contributed by atoms with Crippen LogP contribution in [0.3, 0.4) is 0 Å². The second-order valence-corrected chi connectivity index (χ2v) is 4.11. The van der Waals surface area contributed by atoms with Gasteiger partial charge in [-0.2, -0.15) is 0 Å². The van der Waals surface area contributed by atoms with Gasteiger partial charge in [-0.15, -0.1) is 6.58 Å². The van der Waals surface area contributed by atoms with E-state index >= 15 is 0 Å². The summed E-state index contributed by atoms with van der Waals surface area (Å²) in [7, 11) is 4.33. The molecule has 0 aromatic heterocycles. The first-order chi connectivity index (χ1) is 5.57. The smallest absolute Gasteiger partial charge is 0.00945 e. The molecule has 1 nitrogen and oxygen atoms in total. The largest absolute Gasteiger partial charge is 0.306 e. The summed E-state index contributed by atoms with van der Waals surface area (Å²) in [4.78, 5) is 2.32. The van der Waals surface area contributed by atoms with E-state index in [4.69, 9.17) is 0 Å². The summed E-state index contributed by atoms with van der Waals surface area (Å²) in [6.45, 7) is 8.32. The van der Waals surface area contributed by atoms with Gasteiger partial charge in [0.25, 0.3) is 0 Å². The van der Waals surface area contributed by atoms with E-state index in [0.29, 0.717) is 0 Å². The van der Waals surface area contributed by atoms with Crippen molar-refractivity contribution in [2.75, 3.05) is 14.1 Å². The van der Waals surface area contributed by atoms with Crippen molar-refractivity contribution >= 4 is 0 Å². The van der Waals surface area contributed by atoms with Crippen LogP contribution in [0.15, 0.2) is 12.7 Å². The Kier molecular flexibility index (Phi) is 6.09.